The first-order valence-electron chi connectivity index (χ1n) is 6.92. The Balaban J connectivity index is 1.90. The molecule has 104 valence electrons. The third-order valence-corrected chi connectivity index (χ3v) is 3.64. The summed E-state index contributed by atoms with van der Waals surface area (Å²) >= 11 is 0. The fraction of sp³-hybridized carbons (Fsp3) is 0.533. The molecule has 4 nitrogen and oxygen atoms in total. The van der Waals surface area contributed by atoms with Gasteiger partial charge in [0.2, 0.25) is 0 Å². The van der Waals surface area contributed by atoms with Gasteiger partial charge in [-0.25, -0.2) is 0 Å². The number of amides is 1. The van der Waals surface area contributed by atoms with E-state index >= 15 is 0 Å². The van der Waals surface area contributed by atoms with Gasteiger partial charge in [0.15, 0.2) is 5.76 Å². The van der Waals surface area contributed by atoms with Crippen LogP contribution in [0, 0.1) is 6.92 Å². The molecule has 0 saturated carbocycles. The number of aryl methyl sites for hydroxylation is 1. The first kappa shape index (κ1) is 13.9. The zero-order valence-corrected chi connectivity index (χ0v) is 11.6. The van der Waals surface area contributed by atoms with Crippen LogP contribution in [0.3, 0.4) is 0 Å². The van der Waals surface area contributed by atoms with E-state index < -0.39 is 0 Å². The fourth-order valence-corrected chi connectivity index (χ4v) is 2.43. The van der Waals surface area contributed by atoms with E-state index in [0.717, 1.165) is 25.2 Å². The van der Waals surface area contributed by atoms with Crippen molar-refractivity contribution >= 4 is 5.91 Å². The van der Waals surface area contributed by atoms with E-state index in [1.165, 1.54) is 19.3 Å². The molecule has 1 aromatic rings. The normalized spacial score (nSPS) is 16.3. The van der Waals surface area contributed by atoms with Gasteiger partial charge in [-0.1, -0.05) is 13.0 Å². The van der Waals surface area contributed by atoms with Crippen molar-refractivity contribution in [3.63, 3.8) is 0 Å². The summed E-state index contributed by atoms with van der Waals surface area (Å²) in [6, 6.07) is 1.80. The molecule has 0 N–H and O–H groups in total. The van der Waals surface area contributed by atoms with Crippen molar-refractivity contribution in [1.29, 1.82) is 0 Å². The summed E-state index contributed by atoms with van der Waals surface area (Å²) < 4.78 is 5.25. The second kappa shape index (κ2) is 6.57. The predicted octanol–water partition coefficient (Wildman–Crippen LogP) is 2.66. The van der Waals surface area contributed by atoms with Crippen LogP contribution in [0.5, 0.6) is 0 Å². The molecule has 0 spiro atoms. The summed E-state index contributed by atoms with van der Waals surface area (Å²) in [5, 5.41) is 0. The number of likely N-dealkylation sites (tertiary alicyclic amines) is 1. The fourth-order valence-electron chi connectivity index (χ4n) is 2.43. The van der Waals surface area contributed by atoms with E-state index in [1.807, 2.05) is 6.92 Å². The average molecular weight is 262 g/mol. The molecule has 1 saturated heterocycles. The van der Waals surface area contributed by atoms with Crippen molar-refractivity contribution in [3.05, 3.63) is 36.4 Å². The van der Waals surface area contributed by atoms with E-state index in [1.54, 1.807) is 23.4 Å². The quantitative estimate of drug-likeness (QED) is 0.818. The Morgan fingerprint density at radius 1 is 1.47 bits per heavy atom. The minimum Gasteiger partial charge on any atom is -0.459 e. The summed E-state index contributed by atoms with van der Waals surface area (Å²) in [6.07, 6.45) is 6.99. The van der Waals surface area contributed by atoms with Crippen LogP contribution >= 0.6 is 0 Å². The number of carbonyl (C=O) groups excluding carboxylic acids is 1. The lowest BCUT2D eigenvalue weighted by molar-refractivity contribution is 0.0771. The molecule has 1 amide bonds. The Bertz CT molecular complexity index is 433. The molecule has 0 unspecified atom stereocenters. The standard InChI is InChI=1S/C15H22N2O2/c1-3-17(11-10-16-8-5-4-6-9-16)15(18)14-13(2)7-12-19-14/h3,7,12H,1,4-6,8-11H2,2H3. The summed E-state index contributed by atoms with van der Waals surface area (Å²) in [5.74, 6) is 0.313. The average Bonchev–Trinajstić information content (AvgIpc) is 2.86. The lowest BCUT2D eigenvalue weighted by Crippen LogP contribution is -2.38. The first-order chi connectivity index (χ1) is 9.22. The van der Waals surface area contributed by atoms with Gasteiger partial charge in [0.05, 0.1) is 6.26 Å². The highest BCUT2D eigenvalue weighted by Gasteiger charge is 2.19. The van der Waals surface area contributed by atoms with Crippen LogP contribution in [0.4, 0.5) is 0 Å². The Hall–Kier alpha value is -1.55. The summed E-state index contributed by atoms with van der Waals surface area (Å²) in [5.41, 5.74) is 0.870. The van der Waals surface area contributed by atoms with Gasteiger partial charge in [0.25, 0.3) is 5.91 Å². The second-order valence-corrected chi connectivity index (χ2v) is 5.02. The van der Waals surface area contributed by atoms with Crippen LogP contribution < -0.4 is 0 Å². The van der Waals surface area contributed by atoms with Crippen molar-refractivity contribution in [2.45, 2.75) is 26.2 Å². The van der Waals surface area contributed by atoms with Crippen LogP contribution in [-0.2, 0) is 0 Å². The first-order valence-corrected chi connectivity index (χ1v) is 6.92. The Morgan fingerprint density at radius 3 is 2.79 bits per heavy atom. The highest BCUT2D eigenvalue weighted by molar-refractivity contribution is 5.93. The van der Waals surface area contributed by atoms with Crippen molar-refractivity contribution < 1.29 is 9.21 Å². The molecular weight excluding hydrogens is 240 g/mol. The largest absolute Gasteiger partial charge is 0.459 e. The maximum absolute atomic E-state index is 12.3. The van der Waals surface area contributed by atoms with Gasteiger partial charge in [0, 0.05) is 24.9 Å². The molecule has 1 aliphatic rings. The number of hydrogen-bond acceptors (Lipinski definition) is 3. The van der Waals surface area contributed by atoms with Gasteiger partial charge < -0.3 is 14.2 Å². The number of nitrogens with zero attached hydrogens (tertiary/aromatic N) is 2. The third kappa shape index (κ3) is 3.47. The topological polar surface area (TPSA) is 36.7 Å². The van der Waals surface area contributed by atoms with E-state index in [4.69, 9.17) is 4.42 Å². The van der Waals surface area contributed by atoms with Gasteiger partial charge in [-0.05, 0) is 38.9 Å². The van der Waals surface area contributed by atoms with Gasteiger partial charge in [-0.3, -0.25) is 4.79 Å². The summed E-state index contributed by atoms with van der Waals surface area (Å²) in [4.78, 5) is 16.3. The Kier molecular flexibility index (Phi) is 4.80. The lowest BCUT2D eigenvalue weighted by atomic mass is 10.1. The number of carbonyl (C=O) groups is 1. The van der Waals surface area contributed by atoms with Crippen LogP contribution in [0.15, 0.2) is 29.5 Å². The van der Waals surface area contributed by atoms with Crippen LogP contribution in [0.2, 0.25) is 0 Å². The molecule has 4 heteroatoms. The predicted molar refractivity (Wildman–Crippen MR) is 75.0 cm³/mol. The summed E-state index contributed by atoms with van der Waals surface area (Å²) in [6.45, 7) is 9.45. The molecule has 1 fully saturated rings. The highest BCUT2D eigenvalue weighted by Crippen LogP contribution is 2.13. The lowest BCUT2D eigenvalue weighted by Gasteiger charge is -2.28. The van der Waals surface area contributed by atoms with E-state index in [-0.39, 0.29) is 5.91 Å². The molecule has 0 aromatic carbocycles. The zero-order chi connectivity index (χ0) is 13.7. The minimum atomic E-state index is -0.102. The molecule has 0 bridgehead atoms. The van der Waals surface area contributed by atoms with Gasteiger partial charge in [-0.15, -0.1) is 0 Å². The van der Waals surface area contributed by atoms with E-state index in [9.17, 15) is 4.79 Å². The van der Waals surface area contributed by atoms with E-state index in [0.29, 0.717) is 12.3 Å². The monoisotopic (exact) mass is 262 g/mol. The maximum atomic E-state index is 12.3. The van der Waals surface area contributed by atoms with Crippen molar-refractivity contribution in [1.82, 2.24) is 9.80 Å². The van der Waals surface area contributed by atoms with E-state index in [2.05, 4.69) is 11.5 Å². The van der Waals surface area contributed by atoms with Crippen LogP contribution in [-0.4, -0.2) is 41.9 Å². The molecule has 1 aromatic heterocycles. The molecule has 2 rings (SSSR count). The number of rotatable bonds is 5. The molecule has 1 aliphatic heterocycles. The van der Waals surface area contributed by atoms with Crippen LogP contribution in [0.25, 0.3) is 0 Å². The summed E-state index contributed by atoms with van der Waals surface area (Å²) in [7, 11) is 0. The molecule has 2 heterocycles. The second-order valence-electron chi connectivity index (χ2n) is 5.02. The number of furan rings is 1. The zero-order valence-electron chi connectivity index (χ0n) is 11.6. The van der Waals surface area contributed by atoms with Crippen molar-refractivity contribution in [2.24, 2.45) is 0 Å². The smallest absolute Gasteiger partial charge is 0.293 e. The molecule has 0 atom stereocenters. The minimum absolute atomic E-state index is 0.102. The van der Waals surface area contributed by atoms with Gasteiger partial charge >= 0.3 is 0 Å². The Morgan fingerprint density at radius 2 is 2.21 bits per heavy atom. The van der Waals surface area contributed by atoms with Gasteiger partial charge in [-0.2, -0.15) is 0 Å². The highest BCUT2D eigenvalue weighted by atomic mass is 16.3. The maximum Gasteiger partial charge on any atom is 0.293 e. The SMILES string of the molecule is C=CN(CCN1CCCCC1)C(=O)c1occc1C. The molecule has 0 aliphatic carbocycles. The number of hydrogen-bond donors (Lipinski definition) is 0. The third-order valence-electron chi connectivity index (χ3n) is 3.64. The van der Waals surface area contributed by atoms with Crippen molar-refractivity contribution in [3.8, 4) is 0 Å². The van der Waals surface area contributed by atoms with Crippen LogP contribution in [0.1, 0.15) is 35.4 Å². The number of piperidine rings is 1. The van der Waals surface area contributed by atoms with Gasteiger partial charge in [0.1, 0.15) is 0 Å². The van der Waals surface area contributed by atoms with Crippen molar-refractivity contribution in [2.75, 3.05) is 26.2 Å². The molecule has 19 heavy (non-hydrogen) atoms. The molecular formula is C15H22N2O2. The molecule has 0 radical (unpaired) electrons. The Labute approximate surface area is 114 Å².